The number of hydrazone groups is 1. The second kappa shape index (κ2) is 5.96. The van der Waals surface area contributed by atoms with E-state index in [0.29, 0.717) is 5.56 Å². The Morgan fingerprint density at radius 2 is 1.76 bits per heavy atom. The third-order valence-electron chi connectivity index (χ3n) is 3.94. The lowest BCUT2D eigenvalue weighted by Crippen LogP contribution is -2.56. The first-order valence-electron chi connectivity index (χ1n) is 7.40. The molecule has 2 heterocycles. The van der Waals surface area contributed by atoms with Crippen LogP contribution in [0.1, 0.15) is 27.9 Å². The summed E-state index contributed by atoms with van der Waals surface area (Å²) in [7, 11) is 0. The van der Waals surface area contributed by atoms with Crippen molar-refractivity contribution < 1.29 is 23.1 Å². The fourth-order valence-corrected chi connectivity index (χ4v) is 2.50. The lowest BCUT2D eigenvalue weighted by molar-refractivity contribution is -0.297. The van der Waals surface area contributed by atoms with Crippen molar-refractivity contribution >= 4 is 11.6 Å². The van der Waals surface area contributed by atoms with E-state index in [4.69, 9.17) is 0 Å². The molecule has 1 N–H and O–H groups in total. The molecule has 1 aliphatic heterocycles. The Morgan fingerprint density at radius 3 is 2.32 bits per heavy atom. The van der Waals surface area contributed by atoms with Crippen LogP contribution in [0.5, 0.6) is 0 Å². The molecule has 1 aromatic heterocycles. The quantitative estimate of drug-likeness (QED) is 0.907. The molecular weight excluding hydrogens is 335 g/mol. The number of carbonyl (C=O) groups is 1. The lowest BCUT2D eigenvalue weighted by Gasteiger charge is -2.32. The molecule has 0 bridgehead atoms. The minimum Gasteiger partial charge on any atom is -0.362 e. The summed E-state index contributed by atoms with van der Waals surface area (Å²) in [6, 6.07) is 8.93. The number of pyridine rings is 1. The number of nitrogens with zero attached hydrogens (tertiary/aromatic N) is 3. The molecule has 0 fully saturated rings. The van der Waals surface area contributed by atoms with Crippen molar-refractivity contribution in [2.45, 2.75) is 25.2 Å². The fraction of sp³-hybridized carbons (Fsp3) is 0.235. The number of alkyl halides is 3. The van der Waals surface area contributed by atoms with Gasteiger partial charge in [-0.3, -0.25) is 9.78 Å². The minimum absolute atomic E-state index is 0.00741. The highest BCUT2D eigenvalue weighted by atomic mass is 19.4. The van der Waals surface area contributed by atoms with Gasteiger partial charge in [0.2, 0.25) is 0 Å². The van der Waals surface area contributed by atoms with Crippen LogP contribution >= 0.6 is 0 Å². The first-order valence-corrected chi connectivity index (χ1v) is 7.40. The molecule has 8 heteroatoms. The number of rotatable bonds is 2. The molecule has 0 aliphatic carbocycles. The Balaban J connectivity index is 2.04. The van der Waals surface area contributed by atoms with Gasteiger partial charge >= 0.3 is 6.18 Å². The van der Waals surface area contributed by atoms with Crippen molar-refractivity contribution in [2.24, 2.45) is 5.10 Å². The molecule has 0 radical (unpaired) electrons. The molecule has 1 aromatic carbocycles. The molecule has 25 heavy (non-hydrogen) atoms. The molecular formula is C17H14F3N3O2. The van der Waals surface area contributed by atoms with E-state index in [2.05, 4.69) is 10.1 Å². The number of hydrogen-bond acceptors (Lipinski definition) is 4. The van der Waals surface area contributed by atoms with Gasteiger partial charge in [0, 0.05) is 23.5 Å². The molecule has 5 nitrogen and oxygen atoms in total. The topological polar surface area (TPSA) is 65.8 Å². The number of aliphatic hydroxyl groups is 1. The Kier molecular flexibility index (Phi) is 4.08. The molecule has 1 aliphatic rings. The first kappa shape index (κ1) is 17.1. The van der Waals surface area contributed by atoms with E-state index in [0.717, 1.165) is 5.56 Å². The number of aromatic nitrogens is 1. The van der Waals surface area contributed by atoms with Gasteiger partial charge in [0.25, 0.3) is 11.6 Å². The van der Waals surface area contributed by atoms with Crippen LogP contribution < -0.4 is 0 Å². The SMILES string of the molecule is Cc1ccc(C(=O)N2N=C(c3ccncc3)CC2(O)C(F)(F)F)cc1. The van der Waals surface area contributed by atoms with Crippen LogP contribution in [-0.4, -0.2) is 38.6 Å². The van der Waals surface area contributed by atoms with Crippen molar-refractivity contribution in [2.75, 3.05) is 0 Å². The molecule has 0 saturated heterocycles. The van der Waals surface area contributed by atoms with E-state index in [1.165, 1.54) is 36.7 Å². The molecule has 2 aromatic rings. The minimum atomic E-state index is -5.06. The summed E-state index contributed by atoms with van der Waals surface area (Å²) in [5, 5.41) is 14.2. The molecule has 3 rings (SSSR count). The Hall–Kier alpha value is -2.74. The second-order valence-electron chi connectivity index (χ2n) is 5.76. The maximum Gasteiger partial charge on any atom is 0.438 e. The maximum absolute atomic E-state index is 13.5. The van der Waals surface area contributed by atoms with Gasteiger partial charge in [-0.15, -0.1) is 0 Å². The predicted octanol–water partition coefficient (Wildman–Crippen LogP) is 2.89. The molecule has 1 unspecified atom stereocenters. The van der Waals surface area contributed by atoms with Crippen molar-refractivity contribution in [1.29, 1.82) is 0 Å². The van der Waals surface area contributed by atoms with Crippen LogP contribution in [0.3, 0.4) is 0 Å². The number of carbonyl (C=O) groups excluding carboxylic acids is 1. The van der Waals surface area contributed by atoms with Crippen LogP contribution in [-0.2, 0) is 0 Å². The summed E-state index contributed by atoms with van der Waals surface area (Å²) in [6.45, 7) is 1.79. The summed E-state index contributed by atoms with van der Waals surface area (Å²) >= 11 is 0. The average Bonchev–Trinajstić information content (AvgIpc) is 2.95. The number of benzene rings is 1. The second-order valence-corrected chi connectivity index (χ2v) is 5.76. The fourth-order valence-electron chi connectivity index (χ4n) is 2.50. The van der Waals surface area contributed by atoms with Gasteiger partial charge < -0.3 is 5.11 Å². The largest absolute Gasteiger partial charge is 0.438 e. The number of aryl methyl sites for hydroxylation is 1. The highest BCUT2D eigenvalue weighted by molar-refractivity contribution is 6.05. The average molecular weight is 349 g/mol. The Labute approximate surface area is 141 Å². The highest BCUT2D eigenvalue weighted by Crippen LogP contribution is 2.41. The van der Waals surface area contributed by atoms with E-state index in [1.54, 1.807) is 19.1 Å². The van der Waals surface area contributed by atoms with Crippen molar-refractivity contribution in [3.05, 3.63) is 65.5 Å². The summed E-state index contributed by atoms with van der Waals surface area (Å²) in [6.07, 6.45) is -3.12. The van der Waals surface area contributed by atoms with Crippen LogP contribution in [0.2, 0.25) is 0 Å². The van der Waals surface area contributed by atoms with Crippen LogP contribution in [0.25, 0.3) is 0 Å². The number of amides is 1. The predicted molar refractivity (Wildman–Crippen MR) is 83.7 cm³/mol. The zero-order valence-corrected chi connectivity index (χ0v) is 13.2. The molecule has 0 saturated carbocycles. The monoisotopic (exact) mass is 349 g/mol. The van der Waals surface area contributed by atoms with Gasteiger partial charge in [0.05, 0.1) is 12.1 Å². The normalized spacial score (nSPS) is 20.5. The van der Waals surface area contributed by atoms with Gasteiger partial charge in [-0.25, -0.2) is 0 Å². The van der Waals surface area contributed by atoms with Gasteiger partial charge in [-0.1, -0.05) is 17.7 Å². The van der Waals surface area contributed by atoms with E-state index in [1.807, 2.05) is 0 Å². The summed E-state index contributed by atoms with van der Waals surface area (Å²) < 4.78 is 40.5. The lowest BCUT2D eigenvalue weighted by atomic mass is 10.0. The molecule has 1 amide bonds. The summed E-state index contributed by atoms with van der Waals surface area (Å²) in [5.74, 6) is -1.02. The highest BCUT2D eigenvalue weighted by Gasteiger charge is 2.63. The van der Waals surface area contributed by atoms with Gasteiger partial charge in [0.1, 0.15) is 0 Å². The standard InChI is InChI=1S/C17H14F3N3O2/c1-11-2-4-13(5-3-11)15(24)23-16(25,17(18,19)20)10-14(22-23)12-6-8-21-9-7-12/h2-9,25H,10H2,1H3. The molecule has 130 valence electrons. The van der Waals surface area contributed by atoms with E-state index >= 15 is 0 Å². The molecule has 0 spiro atoms. The van der Waals surface area contributed by atoms with E-state index in [-0.39, 0.29) is 16.3 Å². The summed E-state index contributed by atoms with van der Waals surface area (Å²) in [5.41, 5.74) is -2.22. The molecule has 1 atom stereocenters. The third-order valence-corrected chi connectivity index (χ3v) is 3.94. The number of hydrogen-bond donors (Lipinski definition) is 1. The maximum atomic E-state index is 13.5. The number of halogens is 3. The smallest absolute Gasteiger partial charge is 0.362 e. The van der Waals surface area contributed by atoms with Gasteiger partial charge in [-0.2, -0.15) is 23.3 Å². The van der Waals surface area contributed by atoms with E-state index in [9.17, 15) is 23.1 Å². The van der Waals surface area contributed by atoms with Crippen LogP contribution in [0.15, 0.2) is 53.9 Å². The van der Waals surface area contributed by atoms with Crippen molar-refractivity contribution in [3.8, 4) is 0 Å². The van der Waals surface area contributed by atoms with Crippen molar-refractivity contribution in [3.63, 3.8) is 0 Å². The van der Waals surface area contributed by atoms with Crippen LogP contribution in [0, 0.1) is 6.92 Å². The zero-order valence-electron chi connectivity index (χ0n) is 13.2. The Bertz CT molecular complexity index is 819. The van der Waals surface area contributed by atoms with Crippen molar-refractivity contribution in [1.82, 2.24) is 9.99 Å². The van der Waals surface area contributed by atoms with E-state index < -0.39 is 24.2 Å². The van der Waals surface area contributed by atoms with Gasteiger partial charge in [0.15, 0.2) is 0 Å². The zero-order chi connectivity index (χ0) is 18.2. The summed E-state index contributed by atoms with van der Waals surface area (Å²) in [4.78, 5) is 16.3. The van der Waals surface area contributed by atoms with Gasteiger partial charge in [-0.05, 0) is 31.2 Å². The Morgan fingerprint density at radius 1 is 1.16 bits per heavy atom. The third kappa shape index (κ3) is 3.00. The van der Waals surface area contributed by atoms with Crippen LogP contribution in [0.4, 0.5) is 13.2 Å². The first-order chi connectivity index (χ1) is 11.7.